The Kier molecular flexibility index (Phi) is 7.35. The lowest BCUT2D eigenvalue weighted by Gasteiger charge is -2.20. The number of fused-ring (bicyclic) bond motifs is 1. The largest absolute Gasteiger partial charge is 0.357 e. The first kappa shape index (κ1) is 23.9. The van der Waals surface area contributed by atoms with E-state index in [1.807, 2.05) is 43.3 Å². The number of benzene rings is 2. The minimum atomic E-state index is -0.180. The second-order valence-electron chi connectivity index (χ2n) is 8.09. The van der Waals surface area contributed by atoms with E-state index in [4.69, 9.17) is 0 Å². The van der Waals surface area contributed by atoms with Crippen molar-refractivity contribution in [3.8, 4) is 0 Å². The van der Waals surface area contributed by atoms with Crippen molar-refractivity contribution in [3.05, 3.63) is 77.1 Å². The van der Waals surface area contributed by atoms with Crippen molar-refractivity contribution in [1.82, 2.24) is 19.5 Å². The molecule has 0 unspecified atom stereocenters. The molecule has 0 saturated carbocycles. The van der Waals surface area contributed by atoms with Crippen LogP contribution in [0.4, 0.5) is 23.0 Å². The van der Waals surface area contributed by atoms with Gasteiger partial charge in [0.25, 0.3) is 5.56 Å². The second kappa shape index (κ2) is 10.8. The van der Waals surface area contributed by atoms with E-state index in [-0.39, 0.29) is 24.4 Å². The molecule has 2 aromatic heterocycles. The Labute approximate surface area is 203 Å². The Morgan fingerprint density at radius 1 is 1.00 bits per heavy atom. The third kappa shape index (κ3) is 5.81. The molecule has 0 radical (unpaired) electrons. The van der Waals surface area contributed by atoms with Crippen LogP contribution in [0.3, 0.4) is 0 Å². The average molecular weight is 472 g/mol. The lowest BCUT2D eigenvalue weighted by Crippen LogP contribution is -2.23. The maximum absolute atomic E-state index is 12.6. The first-order valence-corrected chi connectivity index (χ1v) is 11.7. The van der Waals surface area contributed by atoms with Crippen LogP contribution in [0.15, 0.2) is 65.7 Å². The van der Waals surface area contributed by atoms with Gasteiger partial charge in [-0.15, -0.1) is 0 Å². The van der Waals surface area contributed by atoms with Crippen molar-refractivity contribution in [2.24, 2.45) is 0 Å². The lowest BCUT2D eigenvalue weighted by atomic mass is 10.2. The highest BCUT2D eigenvalue weighted by Gasteiger charge is 2.09. The van der Waals surface area contributed by atoms with Gasteiger partial charge in [0.05, 0.1) is 17.2 Å². The van der Waals surface area contributed by atoms with Crippen LogP contribution in [0.5, 0.6) is 0 Å². The van der Waals surface area contributed by atoms with Crippen LogP contribution in [-0.2, 0) is 11.3 Å². The van der Waals surface area contributed by atoms with Gasteiger partial charge in [-0.3, -0.25) is 14.2 Å². The quantitative estimate of drug-likeness (QED) is 0.378. The zero-order valence-electron chi connectivity index (χ0n) is 20.2. The fourth-order valence-corrected chi connectivity index (χ4v) is 3.82. The van der Waals surface area contributed by atoms with Crippen LogP contribution in [0.1, 0.15) is 26.1 Å². The topological polar surface area (TPSA) is 105 Å². The highest BCUT2D eigenvalue weighted by atomic mass is 16.2. The summed E-state index contributed by atoms with van der Waals surface area (Å²) >= 11 is 0. The zero-order valence-corrected chi connectivity index (χ0v) is 20.2. The Hall–Kier alpha value is -4.27. The predicted octanol–water partition coefficient (Wildman–Crippen LogP) is 4.11. The maximum atomic E-state index is 12.6. The Morgan fingerprint density at radius 3 is 2.46 bits per heavy atom. The molecule has 2 aromatic carbocycles. The number of nitrogens with one attached hydrogen (secondary N) is 2. The number of aromatic nitrogens is 4. The molecule has 180 valence electrons. The minimum absolute atomic E-state index is 0.150. The molecule has 2 heterocycles. The second-order valence-corrected chi connectivity index (χ2v) is 8.09. The van der Waals surface area contributed by atoms with Crippen LogP contribution >= 0.6 is 0 Å². The van der Waals surface area contributed by atoms with Gasteiger partial charge >= 0.3 is 0 Å². The van der Waals surface area contributed by atoms with Gasteiger partial charge in [0, 0.05) is 43.5 Å². The van der Waals surface area contributed by atoms with Gasteiger partial charge in [-0.2, -0.15) is 0 Å². The first-order valence-electron chi connectivity index (χ1n) is 11.7. The molecule has 4 aromatic rings. The molecule has 9 heteroatoms. The van der Waals surface area contributed by atoms with Gasteiger partial charge in [-0.05, 0) is 57.2 Å². The molecule has 1 amide bonds. The van der Waals surface area contributed by atoms with Gasteiger partial charge in [0.1, 0.15) is 17.5 Å². The Bertz CT molecular complexity index is 1380. The SMILES string of the molecule is CCN(CC)c1cc(Nc2ccc(NC(=O)CCn3cnc4ccccc4c3=O)cc2)nc(C)n1. The van der Waals surface area contributed by atoms with E-state index >= 15 is 0 Å². The van der Waals surface area contributed by atoms with E-state index in [0.29, 0.717) is 28.2 Å². The molecule has 2 N–H and O–H groups in total. The van der Waals surface area contributed by atoms with Crippen LogP contribution < -0.4 is 21.1 Å². The summed E-state index contributed by atoms with van der Waals surface area (Å²) in [6, 6.07) is 16.5. The van der Waals surface area contributed by atoms with Crippen molar-refractivity contribution >= 4 is 39.8 Å². The van der Waals surface area contributed by atoms with Gasteiger partial charge in [0.15, 0.2) is 0 Å². The zero-order chi connectivity index (χ0) is 24.8. The fourth-order valence-electron chi connectivity index (χ4n) is 3.82. The number of carbonyl (C=O) groups excluding carboxylic acids is 1. The van der Waals surface area contributed by atoms with E-state index < -0.39 is 0 Å². The standard InChI is InChI=1S/C26H29N7O2/c1-4-32(5-2)24-16-23(28-18(3)29-24)30-19-10-12-20(13-11-19)31-25(34)14-15-33-17-27-22-9-7-6-8-21(22)26(33)35/h6-13,16-17H,4-5,14-15H2,1-3H3,(H,31,34)(H,28,29,30). The number of hydrogen-bond acceptors (Lipinski definition) is 7. The summed E-state index contributed by atoms with van der Waals surface area (Å²) < 4.78 is 1.46. The smallest absolute Gasteiger partial charge is 0.261 e. The van der Waals surface area contributed by atoms with Crippen LogP contribution in [0, 0.1) is 6.92 Å². The lowest BCUT2D eigenvalue weighted by molar-refractivity contribution is -0.116. The first-order chi connectivity index (χ1) is 17.0. The molecule has 9 nitrogen and oxygen atoms in total. The molecular formula is C26H29N7O2. The number of anilines is 4. The van der Waals surface area contributed by atoms with Crippen molar-refractivity contribution in [3.63, 3.8) is 0 Å². The molecule has 0 aliphatic heterocycles. The third-order valence-electron chi connectivity index (χ3n) is 5.66. The molecule has 4 rings (SSSR count). The van der Waals surface area contributed by atoms with Crippen molar-refractivity contribution in [2.45, 2.75) is 33.7 Å². The number of hydrogen-bond donors (Lipinski definition) is 2. The van der Waals surface area contributed by atoms with Gasteiger partial charge < -0.3 is 15.5 Å². The average Bonchev–Trinajstić information content (AvgIpc) is 2.85. The molecule has 0 spiro atoms. The minimum Gasteiger partial charge on any atom is -0.357 e. The summed E-state index contributed by atoms with van der Waals surface area (Å²) in [4.78, 5) is 40.5. The normalized spacial score (nSPS) is 10.8. The molecule has 0 fully saturated rings. The fraction of sp³-hybridized carbons (Fsp3) is 0.269. The molecule has 0 atom stereocenters. The van der Waals surface area contributed by atoms with Crippen molar-refractivity contribution < 1.29 is 4.79 Å². The van der Waals surface area contributed by atoms with Crippen LogP contribution in [0.25, 0.3) is 10.9 Å². The van der Waals surface area contributed by atoms with E-state index in [0.717, 1.165) is 24.6 Å². The van der Waals surface area contributed by atoms with Crippen LogP contribution in [-0.4, -0.2) is 38.5 Å². The van der Waals surface area contributed by atoms with Gasteiger partial charge in [-0.25, -0.2) is 15.0 Å². The molecular weight excluding hydrogens is 442 g/mol. The number of nitrogens with zero attached hydrogens (tertiary/aromatic N) is 5. The summed E-state index contributed by atoms with van der Waals surface area (Å²) in [5, 5.41) is 6.72. The molecule has 0 saturated heterocycles. The van der Waals surface area contributed by atoms with E-state index in [2.05, 4.69) is 44.3 Å². The third-order valence-corrected chi connectivity index (χ3v) is 5.66. The van der Waals surface area contributed by atoms with Gasteiger partial charge in [0.2, 0.25) is 5.91 Å². The van der Waals surface area contributed by atoms with Crippen LogP contribution in [0.2, 0.25) is 0 Å². The highest BCUT2D eigenvalue weighted by Crippen LogP contribution is 2.21. The number of carbonyl (C=O) groups is 1. The van der Waals surface area contributed by atoms with Crippen molar-refractivity contribution in [1.29, 1.82) is 0 Å². The summed E-state index contributed by atoms with van der Waals surface area (Å²) in [7, 11) is 0. The summed E-state index contributed by atoms with van der Waals surface area (Å²) in [5.74, 6) is 2.11. The molecule has 35 heavy (non-hydrogen) atoms. The monoisotopic (exact) mass is 471 g/mol. The summed E-state index contributed by atoms with van der Waals surface area (Å²) in [6.07, 6.45) is 1.65. The van der Waals surface area contributed by atoms with Gasteiger partial charge in [-0.1, -0.05) is 12.1 Å². The number of para-hydroxylation sites is 1. The number of amides is 1. The summed E-state index contributed by atoms with van der Waals surface area (Å²) in [6.45, 7) is 8.05. The number of rotatable bonds is 9. The van der Waals surface area contributed by atoms with E-state index in [1.54, 1.807) is 18.2 Å². The Balaban J connectivity index is 1.36. The molecule has 0 aliphatic carbocycles. The predicted molar refractivity (Wildman–Crippen MR) is 139 cm³/mol. The van der Waals surface area contributed by atoms with Crippen molar-refractivity contribution in [2.75, 3.05) is 28.6 Å². The highest BCUT2D eigenvalue weighted by molar-refractivity contribution is 5.90. The molecule has 0 bridgehead atoms. The van der Waals surface area contributed by atoms with E-state index in [9.17, 15) is 9.59 Å². The number of aryl methyl sites for hydroxylation is 2. The Morgan fingerprint density at radius 2 is 1.71 bits per heavy atom. The maximum Gasteiger partial charge on any atom is 0.261 e. The van der Waals surface area contributed by atoms with E-state index in [1.165, 1.54) is 10.9 Å². The molecule has 0 aliphatic rings. The summed E-state index contributed by atoms with van der Waals surface area (Å²) in [5.41, 5.74) is 2.02.